The number of aromatic amines is 1. The van der Waals surface area contributed by atoms with Crippen LogP contribution in [0.1, 0.15) is 34.6 Å². The molecule has 3 aromatic rings. The van der Waals surface area contributed by atoms with E-state index in [9.17, 15) is 19.5 Å². The molecule has 0 saturated heterocycles. The molecule has 2 heterocycles. The number of H-pyrrole nitrogens is 1. The van der Waals surface area contributed by atoms with Crippen molar-refractivity contribution in [2.24, 2.45) is 5.73 Å². The summed E-state index contributed by atoms with van der Waals surface area (Å²) in [5.41, 5.74) is 8.50. The van der Waals surface area contributed by atoms with Gasteiger partial charge in [0.1, 0.15) is 18.0 Å². The van der Waals surface area contributed by atoms with Crippen molar-refractivity contribution < 1.29 is 24.2 Å². The summed E-state index contributed by atoms with van der Waals surface area (Å²) in [5.74, 6) is -0.469. The molecule has 13 nitrogen and oxygen atoms in total. The van der Waals surface area contributed by atoms with Crippen molar-refractivity contribution in [2.75, 3.05) is 39.0 Å². The average molecular weight is 677 g/mol. The Labute approximate surface area is 252 Å². The first-order valence-electron chi connectivity index (χ1n) is 13.2. The Morgan fingerprint density at radius 2 is 1.98 bits per heavy atom. The fraction of sp³-hybridized carbons (Fsp3) is 0.407. The highest BCUT2D eigenvalue weighted by Crippen LogP contribution is 2.20. The van der Waals surface area contributed by atoms with E-state index in [2.05, 4.69) is 31.2 Å². The lowest BCUT2D eigenvalue weighted by atomic mass is 10.1. The molecule has 1 atom stereocenters. The number of aromatic nitrogens is 4. The van der Waals surface area contributed by atoms with Crippen LogP contribution in [0.3, 0.4) is 0 Å². The second kappa shape index (κ2) is 16.0. The van der Waals surface area contributed by atoms with Crippen LogP contribution < -0.4 is 26.4 Å². The number of hydrogen-bond donors (Lipinski definition) is 6. The van der Waals surface area contributed by atoms with Gasteiger partial charge in [0, 0.05) is 37.6 Å². The maximum atomic E-state index is 12.4. The van der Waals surface area contributed by atoms with Crippen molar-refractivity contribution in [3.05, 3.63) is 63.2 Å². The molecule has 0 spiro atoms. The fourth-order valence-electron chi connectivity index (χ4n) is 3.79. The van der Waals surface area contributed by atoms with E-state index in [1.165, 1.54) is 6.20 Å². The highest BCUT2D eigenvalue weighted by molar-refractivity contribution is 14.1. The Balaban J connectivity index is 1.32. The Morgan fingerprint density at radius 3 is 2.68 bits per heavy atom. The molecular weight excluding hydrogens is 639 g/mol. The number of nitrogens with one attached hydrogen (secondary N) is 4. The van der Waals surface area contributed by atoms with Crippen molar-refractivity contribution >= 4 is 46.0 Å². The van der Waals surface area contributed by atoms with E-state index in [0.29, 0.717) is 60.3 Å². The second-order valence-corrected chi connectivity index (χ2v) is 11.0. The number of anilines is 1. The smallest absolute Gasteiger partial charge is 0.269 e. The number of aromatic hydroxyl groups is 1. The number of phenolic OH excluding ortho intramolecular Hbond substituents is 1. The van der Waals surface area contributed by atoms with Gasteiger partial charge in [0.05, 0.1) is 21.5 Å². The summed E-state index contributed by atoms with van der Waals surface area (Å²) < 4.78 is 2.49. The number of aryl methyl sites for hydroxylation is 1. The van der Waals surface area contributed by atoms with Crippen molar-refractivity contribution in [1.29, 1.82) is 0 Å². The zero-order valence-electron chi connectivity index (χ0n) is 23.2. The number of hydrogen-bond acceptors (Lipinski definition) is 8. The normalized spacial score (nSPS) is 11.7. The minimum absolute atomic E-state index is 0.156. The first-order chi connectivity index (χ1) is 19.6. The number of halogens is 1. The van der Waals surface area contributed by atoms with Crippen LogP contribution in [0.5, 0.6) is 5.75 Å². The maximum Gasteiger partial charge on any atom is 0.269 e. The molecule has 220 valence electrons. The predicted molar refractivity (Wildman–Crippen MR) is 161 cm³/mol. The first-order valence-corrected chi connectivity index (χ1v) is 14.3. The van der Waals surface area contributed by atoms with Crippen LogP contribution in [0.25, 0.3) is 0 Å². The number of nitrogens with two attached hydrogens (primary N) is 1. The Bertz CT molecular complexity index is 1310. The molecular formula is C27H37IN9O4+. The summed E-state index contributed by atoms with van der Waals surface area (Å²) in [7, 11) is 3.86. The van der Waals surface area contributed by atoms with Crippen LogP contribution in [0, 0.1) is 3.57 Å². The summed E-state index contributed by atoms with van der Waals surface area (Å²) in [6.45, 7) is 2.20. The van der Waals surface area contributed by atoms with E-state index < -0.39 is 6.04 Å². The third-order valence-corrected chi connectivity index (χ3v) is 6.90. The SMILES string of the molecule is CN(C)CCNC(=O)c1ccc(NC(=O)CCC[n+]2cc(CCNC(=O)[C@@H](N)Cc3ccc(O)c([125I])c3)n[nH]2)cn1. The van der Waals surface area contributed by atoms with Gasteiger partial charge in [-0.25, -0.2) is 4.98 Å². The highest BCUT2D eigenvalue weighted by atomic mass is 125. The molecule has 7 N–H and O–H groups in total. The molecule has 0 radical (unpaired) electrons. The van der Waals surface area contributed by atoms with Crippen LogP contribution in [-0.4, -0.2) is 82.8 Å². The van der Waals surface area contributed by atoms with Crippen LogP contribution in [0.4, 0.5) is 5.69 Å². The minimum atomic E-state index is -0.697. The first kappa shape index (κ1) is 31.9. The molecule has 3 amide bonds. The van der Waals surface area contributed by atoms with E-state index in [1.807, 2.05) is 47.8 Å². The predicted octanol–water partition coefficient (Wildman–Crippen LogP) is 0.341. The maximum absolute atomic E-state index is 12.4. The van der Waals surface area contributed by atoms with Crippen LogP contribution in [0.2, 0.25) is 0 Å². The summed E-state index contributed by atoms with van der Waals surface area (Å²) in [4.78, 5) is 42.9. The summed E-state index contributed by atoms with van der Waals surface area (Å²) >= 11 is 2.03. The zero-order valence-corrected chi connectivity index (χ0v) is 25.3. The number of nitrogens with zero attached hydrogens (tertiary/aromatic N) is 4. The van der Waals surface area contributed by atoms with Crippen molar-refractivity contribution in [2.45, 2.75) is 38.3 Å². The van der Waals surface area contributed by atoms with E-state index in [1.54, 1.807) is 35.0 Å². The monoisotopic (exact) mass is 676 g/mol. The molecule has 0 bridgehead atoms. The molecule has 41 heavy (non-hydrogen) atoms. The second-order valence-electron chi connectivity index (χ2n) is 9.81. The number of rotatable bonds is 15. The lowest BCUT2D eigenvalue weighted by Crippen LogP contribution is -2.42. The molecule has 0 aliphatic rings. The number of likely N-dealkylation sites (N-methyl/N-ethyl adjacent to an activating group) is 1. The Morgan fingerprint density at radius 1 is 1.17 bits per heavy atom. The minimum Gasteiger partial charge on any atom is -0.507 e. The van der Waals surface area contributed by atoms with Gasteiger partial charge in [-0.15, -0.1) is 0 Å². The fourth-order valence-corrected chi connectivity index (χ4v) is 4.37. The summed E-state index contributed by atoms with van der Waals surface area (Å²) in [6, 6.07) is 7.68. The van der Waals surface area contributed by atoms with Crippen LogP contribution in [0.15, 0.2) is 42.7 Å². The zero-order chi connectivity index (χ0) is 29.8. The van der Waals surface area contributed by atoms with Crippen molar-refractivity contribution in [3.8, 4) is 5.75 Å². The largest absolute Gasteiger partial charge is 0.507 e. The van der Waals surface area contributed by atoms with E-state index in [-0.39, 0.29) is 23.5 Å². The Hall–Kier alpha value is -3.63. The van der Waals surface area contributed by atoms with Gasteiger partial charge in [-0.3, -0.25) is 14.4 Å². The number of benzene rings is 1. The van der Waals surface area contributed by atoms with Crippen molar-refractivity contribution in [3.63, 3.8) is 0 Å². The number of carbonyl (C=O) groups excluding carboxylic acids is 3. The molecule has 0 unspecified atom stereocenters. The third kappa shape index (κ3) is 11.0. The molecule has 0 aliphatic carbocycles. The van der Waals surface area contributed by atoms with E-state index in [4.69, 9.17) is 5.73 Å². The van der Waals surface area contributed by atoms with Gasteiger partial charge in [0.25, 0.3) is 5.91 Å². The standard InChI is InChI=1S/C27H36IN9O4/c1-36(2)13-11-31-27(41)23-7-6-19(16-32-23)33-25(39)4-3-12-37-17-20(34-35-37)9-10-30-26(40)22(29)15-18-5-8-24(38)21(28)14-18/h5-8,14,16-17,22H,3-4,9-13,15,29H2,1-2H3,(H4,30,31,33,38,39,40,41)/p+1/t22-/m0/s1/i28-2. The topological polar surface area (TPSA) is 182 Å². The molecule has 14 heteroatoms. The molecule has 1 aromatic carbocycles. The summed E-state index contributed by atoms with van der Waals surface area (Å²) in [6.07, 6.45) is 5.08. The van der Waals surface area contributed by atoms with Gasteiger partial charge in [-0.2, -0.15) is 4.68 Å². The van der Waals surface area contributed by atoms with Gasteiger partial charge in [-0.1, -0.05) is 11.3 Å². The van der Waals surface area contributed by atoms with Gasteiger partial charge < -0.3 is 31.7 Å². The number of carbonyl (C=O) groups is 3. The summed E-state index contributed by atoms with van der Waals surface area (Å²) in [5, 5.41) is 25.2. The third-order valence-electron chi connectivity index (χ3n) is 6.04. The quantitative estimate of drug-likeness (QED) is 0.0985. The van der Waals surface area contributed by atoms with Crippen molar-refractivity contribution in [1.82, 2.24) is 30.8 Å². The van der Waals surface area contributed by atoms with E-state index >= 15 is 0 Å². The highest BCUT2D eigenvalue weighted by Gasteiger charge is 2.16. The molecule has 0 saturated carbocycles. The van der Waals surface area contributed by atoms with Gasteiger partial charge in [0.2, 0.25) is 17.5 Å². The van der Waals surface area contributed by atoms with Crippen LogP contribution >= 0.6 is 22.6 Å². The van der Waals surface area contributed by atoms with Gasteiger partial charge in [-0.05, 0) is 79.4 Å². The number of phenols is 1. The molecule has 0 fully saturated rings. The molecule has 3 rings (SSSR count). The lowest BCUT2D eigenvalue weighted by molar-refractivity contribution is -0.753. The number of pyridine rings is 1. The average Bonchev–Trinajstić information content (AvgIpc) is 3.38. The molecule has 2 aromatic heterocycles. The van der Waals surface area contributed by atoms with Crippen LogP contribution in [-0.2, 0) is 29.0 Å². The van der Waals surface area contributed by atoms with Gasteiger partial charge in [0.15, 0.2) is 6.20 Å². The lowest BCUT2D eigenvalue weighted by Gasteiger charge is -2.12. The molecule has 0 aliphatic heterocycles. The Kier molecular flexibility index (Phi) is 12.4. The van der Waals surface area contributed by atoms with E-state index in [0.717, 1.165) is 17.8 Å². The number of amides is 3. The van der Waals surface area contributed by atoms with Gasteiger partial charge >= 0.3 is 0 Å².